The molecular weight excluding hydrogens is 216 g/mol. The van der Waals surface area contributed by atoms with Crippen LogP contribution in [0.25, 0.3) is 0 Å². The van der Waals surface area contributed by atoms with Gasteiger partial charge in [-0.2, -0.15) is 0 Å². The molecule has 0 radical (unpaired) electrons. The molecule has 3 heteroatoms. The SMILES string of the molecule is CCOCCCC(O)c1ccc(OC)cc1C. The van der Waals surface area contributed by atoms with Crippen molar-refractivity contribution < 1.29 is 14.6 Å². The fraction of sp³-hybridized carbons (Fsp3) is 0.571. The quantitative estimate of drug-likeness (QED) is 0.742. The first-order valence-electron chi connectivity index (χ1n) is 6.09. The first kappa shape index (κ1) is 14.0. The van der Waals surface area contributed by atoms with Gasteiger partial charge in [0.05, 0.1) is 13.2 Å². The maximum Gasteiger partial charge on any atom is 0.119 e. The van der Waals surface area contributed by atoms with Gasteiger partial charge in [-0.1, -0.05) is 6.07 Å². The first-order valence-corrected chi connectivity index (χ1v) is 6.09. The van der Waals surface area contributed by atoms with Crippen LogP contribution in [0.2, 0.25) is 0 Å². The molecule has 0 bridgehead atoms. The van der Waals surface area contributed by atoms with Gasteiger partial charge >= 0.3 is 0 Å². The van der Waals surface area contributed by atoms with E-state index in [-0.39, 0.29) is 0 Å². The van der Waals surface area contributed by atoms with Crippen LogP contribution in [0.1, 0.15) is 37.0 Å². The normalized spacial score (nSPS) is 12.5. The van der Waals surface area contributed by atoms with Crippen LogP contribution in [0, 0.1) is 6.92 Å². The fourth-order valence-corrected chi connectivity index (χ4v) is 1.83. The molecule has 1 unspecified atom stereocenters. The first-order chi connectivity index (χ1) is 8.19. The van der Waals surface area contributed by atoms with E-state index in [0.29, 0.717) is 6.61 Å². The molecule has 1 atom stereocenters. The molecule has 0 aromatic heterocycles. The van der Waals surface area contributed by atoms with Crippen LogP contribution in [0.5, 0.6) is 5.75 Å². The van der Waals surface area contributed by atoms with Gasteiger partial charge in [0.15, 0.2) is 0 Å². The summed E-state index contributed by atoms with van der Waals surface area (Å²) in [6.45, 7) is 5.41. The third kappa shape index (κ3) is 4.36. The van der Waals surface area contributed by atoms with Gasteiger partial charge in [-0.05, 0) is 49.9 Å². The van der Waals surface area contributed by atoms with Gasteiger partial charge in [0.25, 0.3) is 0 Å². The van der Waals surface area contributed by atoms with E-state index < -0.39 is 6.10 Å². The molecule has 0 saturated carbocycles. The molecule has 0 heterocycles. The van der Waals surface area contributed by atoms with E-state index in [1.54, 1.807) is 7.11 Å². The summed E-state index contributed by atoms with van der Waals surface area (Å²) in [6.07, 6.45) is 1.19. The highest BCUT2D eigenvalue weighted by atomic mass is 16.5. The van der Waals surface area contributed by atoms with Crippen LogP contribution >= 0.6 is 0 Å². The van der Waals surface area contributed by atoms with E-state index in [1.165, 1.54) is 0 Å². The Labute approximate surface area is 103 Å². The Hall–Kier alpha value is -1.06. The second-order valence-corrected chi connectivity index (χ2v) is 4.08. The van der Waals surface area contributed by atoms with Crippen molar-refractivity contribution in [1.82, 2.24) is 0 Å². The van der Waals surface area contributed by atoms with E-state index in [1.807, 2.05) is 32.0 Å². The van der Waals surface area contributed by atoms with Crippen molar-refractivity contribution in [1.29, 1.82) is 0 Å². The number of aliphatic hydroxyl groups excluding tert-OH is 1. The van der Waals surface area contributed by atoms with Gasteiger partial charge in [0.1, 0.15) is 5.75 Å². The van der Waals surface area contributed by atoms with Crippen molar-refractivity contribution in [3.63, 3.8) is 0 Å². The summed E-state index contributed by atoms with van der Waals surface area (Å²) >= 11 is 0. The summed E-state index contributed by atoms with van der Waals surface area (Å²) in [5.41, 5.74) is 2.04. The highest BCUT2D eigenvalue weighted by Crippen LogP contribution is 2.25. The molecule has 1 N–H and O–H groups in total. The molecule has 0 saturated heterocycles. The molecule has 17 heavy (non-hydrogen) atoms. The zero-order chi connectivity index (χ0) is 12.7. The summed E-state index contributed by atoms with van der Waals surface area (Å²) in [7, 11) is 1.65. The molecule has 3 nitrogen and oxygen atoms in total. The van der Waals surface area contributed by atoms with E-state index in [4.69, 9.17) is 9.47 Å². The molecular formula is C14H22O3. The zero-order valence-electron chi connectivity index (χ0n) is 10.9. The number of hydrogen-bond acceptors (Lipinski definition) is 3. The maximum absolute atomic E-state index is 10.1. The van der Waals surface area contributed by atoms with Gasteiger partial charge in [-0.25, -0.2) is 0 Å². The van der Waals surface area contributed by atoms with Gasteiger partial charge in [0, 0.05) is 13.2 Å². The monoisotopic (exact) mass is 238 g/mol. The van der Waals surface area contributed by atoms with E-state index >= 15 is 0 Å². The summed E-state index contributed by atoms with van der Waals surface area (Å²) in [6, 6.07) is 5.76. The fourth-order valence-electron chi connectivity index (χ4n) is 1.83. The lowest BCUT2D eigenvalue weighted by Crippen LogP contribution is -2.03. The summed E-state index contributed by atoms with van der Waals surface area (Å²) in [5.74, 6) is 0.827. The molecule has 0 fully saturated rings. The van der Waals surface area contributed by atoms with Gasteiger partial charge in [-0.15, -0.1) is 0 Å². The standard InChI is InChI=1S/C14H22O3/c1-4-17-9-5-6-14(15)13-8-7-12(16-3)10-11(13)2/h7-8,10,14-15H,4-6,9H2,1-3H3. The van der Waals surface area contributed by atoms with Crippen LogP contribution in [-0.2, 0) is 4.74 Å². The molecule has 0 spiro atoms. The van der Waals surface area contributed by atoms with Crippen LogP contribution in [0.15, 0.2) is 18.2 Å². The predicted octanol–water partition coefficient (Wildman–Crippen LogP) is 2.85. The Morgan fingerprint density at radius 2 is 2.12 bits per heavy atom. The van der Waals surface area contributed by atoms with Crippen LogP contribution in [0.4, 0.5) is 0 Å². The third-order valence-corrected chi connectivity index (χ3v) is 2.81. The largest absolute Gasteiger partial charge is 0.497 e. The smallest absolute Gasteiger partial charge is 0.119 e. The maximum atomic E-state index is 10.1. The Kier molecular flexibility index (Phi) is 6.01. The van der Waals surface area contributed by atoms with Crippen LogP contribution < -0.4 is 4.74 Å². The number of benzene rings is 1. The van der Waals surface area contributed by atoms with Crippen LogP contribution in [-0.4, -0.2) is 25.4 Å². The van der Waals surface area contributed by atoms with Gasteiger partial charge in [-0.3, -0.25) is 0 Å². The molecule has 0 aliphatic rings. The molecule has 1 aromatic carbocycles. The van der Waals surface area contributed by atoms with Crippen molar-refractivity contribution in [2.24, 2.45) is 0 Å². The Bertz CT molecular complexity index is 336. The molecule has 0 amide bonds. The van der Waals surface area contributed by atoms with Gasteiger partial charge < -0.3 is 14.6 Å². The average Bonchev–Trinajstić information content (AvgIpc) is 2.34. The Morgan fingerprint density at radius 3 is 2.71 bits per heavy atom. The lowest BCUT2D eigenvalue weighted by Gasteiger charge is -2.14. The van der Waals surface area contributed by atoms with E-state index in [0.717, 1.165) is 36.3 Å². The van der Waals surface area contributed by atoms with Crippen molar-refractivity contribution in [3.8, 4) is 5.75 Å². The molecule has 1 aromatic rings. The number of rotatable bonds is 7. The minimum atomic E-state index is -0.415. The second kappa shape index (κ2) is 7.30. The van der Waals surface area contributed by atoms with Crippen molar-refractivity contribution >= 4 is 0 Å². The third-order valence-electron chi connectivity index (χ3n) is 2.81. The lowest BCUT2D eigenvalue weighted by molar-refractivity contribution is 0.114. The predicted molar refractivity (Wildman–Crippen MR) is 68.4 cm³/mol. The summed E-state index contributed by atoms with van der Waals surface area (Å²) in [4.78, 5) is 0. The number of hydrogen-bond donors (Lipinski definition) is 1. The Morgan fingerprint density at radius 1 is 1.35 bits per heavy atom. The van der Waals surface area contributed by atoms with Gasteiger partial charge in [0.2, 0.25) is 0 Å². The van der Waals surface area contributed by atoms with Crippen LogP contribution in [0.3, 0.4) is 0 Å². The number of aryl methyl sites for hydroxylation is 1. The number of aliphatic hydroxyl groups is 1. The molecule has 0 aliphatic heterocycles. The number of methoxy groups -OCH3 is 1. The molecule has 0 aliphatic carbocycles. The van der Waals surface area contributed by atoms with Crippen molar-refractivity contribution in [2.45, 2.75) is 32.8 Å². The summed E-state index contributed by atoms with van der Waals surface area (Å²) in [5, 5.41) is 10.1. The molecule has 1 rings (SSSR count). The van der Waals surface area contributed by atoms with Crippen molar-refractivity contribution in [3.05, 3.63) is 29.3 Å². The molecule has 96 valence electrons. The van der Waals surface area contributed by atoms with E-state index in [2.05, 4.69) is 0 Å². The topological polar surface area (TPSA) is 38.7 Å². The average molecular weight is 238 g/mol. The highest BCUT2D eigenvalue weighted by Gasteiger charge is 2.10. The minimum absolute atomic E-state index is 0.415. The number of ether oxygens (including phenoxy) is 2. The Balaban J connectivity index is 2.53. The highest BCUT2D eigenvalue weighted by molar-refractivity contribution is 5.35. The zero-order valence-corrected chi connectivity index (χ0v) is 10.9. The minimum Gasteiger partial charge on any atom is -0.497 e. The van der Waals surface area contributed by atoms with Crippen molar-refractivity contribution in [2.75, 3.05) is 20.3 Å². The second-order valence-electron chi connectivity index (χ2n) is 4.08. The lowest BCUT2D eigenvalue weighted by atomic mass is 10.00. The summed E-state index contributed by atoms with van der Waals surface area (Å²) < 4.78 is 10.4. The van der Waals surface area contributed by atoms with E-state index in [9.17, 15) is 5.11 Å².